The average molecular weight is 125 g/mol. The summed E-state index contributed by atoms with van der Waals surface area (Å²) < 4.78 is 0. The van der Waals surface area contributed by atoms with Crippen molar-refractivity contribution in [2.24, 2.45) is 4.99 Å². The van der Waals surface area contributed by atoms with Crippen LogP contribution in [0.4, 0.5) is 0 Å². The maximum atomic E-state index is 9.00. The molecular weight excluding hydrogens is 114 g/mol. The second-order valence-corrected chi connectivity index (χ2v) is 2.17. The number of aliphatic hydroxyl groups excluding tert-OH is 1. The zero-order chi connectivity index (χ0) is 6.69. The lowest BCUT2D eigenvalue weighted by Crippen LogP contribution is -2.15. The van der Waals surface area contributed by atoms with Crippen LogP contribution in [0.2, 0.25) is 0 Å². The summed E-state index contributed by atoms with van der Waals surface area (Å²) in [6, 6.07) is 0. The molecule has 50 valence electrons. The maximum absolute atomic E-state index is 9.00. The van der Waals surface area contributed by atoms with Crippen molar-refractivity contribution in [1.29, 1.82) is 0 Å². The van der Waals surface area contributed by atoms with Gasteiger partial charge in [0.1, 0.15) is 0 Å². The van der Waals surface area contributed by atoms with Gasteiger partial charge in [0, 0.05) is 6.54 Å². The van der Waals surface area contributed by atoms with E-state index in [4.69, 9.17) is 5.11 Å². The minimum Gasteiger partial charge on any atom is -0.387 e. The molecule has 2 heteroatoms. The van der Waals surface area contributed by atoms with Crippen LogP contribution in [0.25, 0.3) is 0 Å². The molecule has 0 amide bonds. The highest BCUT2D eigenvalue weighted by molar-refractivity contribution is 5.98. The molecule has 9 heavy (non-hydrogen) atoms. The molecule has 1 N–H and O–H groups in total. The lowest BCUT2D eigenvalue weighted by Gasteiger charge is -2.07. The number of hydrogen-bond donors (Lipinski definition) is 1. The van der Waals surface area contributed by atoms with Crippen molar-refractivity contribution in [3.8, 4) is 0 Å². The van der Waals surface area contributed by atoms with Gasteiger partial charge in [0.2, 0.25) is 0 Å². The molecule has 1 aliphatic rings. The summed E-state index contributed by atoms with van der Waals surface area (Å²) in [5.41, 5.74) is 0.807. The fourth-order valence-corrected chi connectivity index (χ4v) is 0.796. The Morgan fingerprint density at radius 3 is 2.89 bits per heavy atom. The molecule has 0 fully saturated rings. The summed E-state index contributed by atoms with van der Waals surface area (Å²) in [7, 11) is 0. The number of nitrogens with zero attached hydrogens (tertiary/aromatic N) is 1. The first kappa shape index (κ1) is 6.49. The van der Waals surface area contributed by atoms with Crippen LogP contribution in [0.1, 0.15) is 13.3 Å². The Morgan fingerprint density at radius 2 is 2.56 bits per heavy atom. The molecule has 0 saturated heterocycles. The zero-order valence-electron chi connectivity index (χ0n) is 5.54. The quantitative estimate of drug-likeness (QED) is 0.551. The molecule has 0 aromatic rings. The van der Waals surface area contributed by atoms with Crippen molar-refractivity contribution in [2.75, 3.05) is 6.54 Å². The third-order valence-electron chi connectivity index (χ3n) is 1.31. The number of dihydropyridines is 1. The Hall–Kier alpha value is -0.630. The molecule has 0 aromatic heterocycles. The van der Waals surface area contributed by atoms with E-state index in [9.17, 15) is 0 Å². The van der Waals surface area contributed by atoms with Gasteiger partial charge in [-0.15, -0.1) is 0 Å². The van der Waals surface area contributed by atoms with Gasteiger partial charge in [-0.1, -0.05) is 6.08 Å². The van der Waals surface area contributed by atoms with Crippen molar-refractivity contribution in [2.45, 2.75) is 19.4 Å². The monoisotopic (exact) mass is 125 g/mol. The Bertz CT molecular complexity index is 147. The smallest absolute Gasteiger partial charge is 0.0927 e. The van der Waals surface area contributed by atoms with Gasteiger partial charge in [-0.2, -0.15) is 0 Å². The molecule has 0 radical (unpaired) electrons. The van der Waals surface area contributed by atoms with Crippen LogP contribution in [-0.2, 0) is 0 Å². The van der Waals surface area contributed by atoms with Crippen LogP contribution >= 0.6 is 0 Å². The van der Waals surface area contributed by atoms with E-state index in [2.05, 4.69) is 4.99 Å². The molecule has 0 bridgehead atoms. The normalized spacial score (nSPS) is 21.3. The van der Waals surface area contributed by atoms with E-state index in [1.807, 2.05) is 12.2 Å². The van der Waals surface area contributed by atoms with Crippen molar-refractivity contribution in [3.63, 3.8) is 0 Å². The van der Waals surface area contributed by atoms with E-state index in [0.717, 1.165) is 18.7 Å². The summed E-state index contributed by atoms with van der Waals surface area (Å²) in [5, 5.41) is 9.00. The number of rotatable bonds is 1. The topological polar surface area (TPSA) is 32.6 Å². The van der Waals surface area contributed by atoms with Crippen LogP contribution in [0.3, 0.4) is 0 Å². The molecule has 0 spiro atoms. The van der Waals surface area contributed by atoms with Gasteiger partial charge in [-0.05, 0) is 19.4 Å². The Labute approximate surface area is 54.9 Å². The maximum Gasteiger partial charge on any atom is 0.0927 e. The molecule has 0 aliphatic carbocycles. The first-order chi connectivity index (χ1) is 4.30. The second kappa shape index (κ2) is 2.78. The predicted molar refractivity (Wildman–Crippen MR) is 37.7 cm³/mol. The first-order valence-corrected chi connectivity index (χ1v) is 3.19. The van der Waals surface area contributed by atoms with E-state index in [-0.39, 0.29) is 0 Å². The van der Waals surface area contributed by atoms with Gasteiger partial charge in [0.25, 0.3) is 0 Å². The molecule has 1 heterocycles. The van der Waals surface area contributed by atoms with E-state index >= 15 is 0 Å². The van der Waals surface area contributed by atoms with Gasteiger partial charge in [0.05, 0.1) is 11.8 Å². The summed E-state index contributed by atoms with van der Waals surface area (Å²) in [4.78, 5) is 4.11. The average Bonchev–Trinajstić information content (AvgIpc) is 1.90. The lowest BCUT2D eigenvalue weighted by molar-refractivity contribution is 0.262. The molecule has 0 aromatic carbocycles. The molecule has 2 nitrogen and oxygen atoms in total. The van der Waals surface area contributed by atoms with Crippen LogP contribution < -0.4 is 0 Å². The fourth-order valence-electron chi connectivity index (χ4n) is 0.796. The largest absolute Gasteiger partial charge is 0.387 e. The highest BCUT2D eigenvalue weighted by Gasteiger charge is 2.03. The Kier molecular flexibility index (Phi) is 2.01. The van der Waals surface area contributed by atoms with Crippen molar-refractivity contribution < 1.29 is 5.11 Å². The van der Waals surface area contributed by atoms with Crippen molar-refractivity contribution in [3.05, 3.63) is 12.2 Å². The third kappa shape index (κ3) is 1.64. The van der Waals surface area contributed by atoms with E-state index in [1.54, 1.807) is 6.92 Å². The highest BCUT2D eigenvalue weighted by Crippen LogP contribution is 1.99. The van der Waals surface area contributed by atoms with Crippen LogP contribution in [-0.4, -0.2) is 23.5 Å². The molecular formula is C7H11NO. The van der Waals surface area contributed by atoms with Crippen LogP contribution in [0, 0.1) is 0 Å². The van der Waals surface area contributed by atoms with Crippen LogP contribution in [0.5, 0.6) is 0 Å². The van der Waals surface area contributed by atoms with Gasteiger partial charge in [-0.3, -0.25) is 4.99 Å². The molecule has 0 saturated carbocycles. The van der Waals surface area contributed by atoms with Crippen molar-refractivity contribution in [1.82, 2.24) is 0 Å². The minimum absolute atomic E-state index is 0.401. The number of aliphatic hydroxyl groups is 1. The highest BCUT2D eigenvalue weighted by atomic mass is 16.3. The molecule has 1 atom stereocenters. The van der Waals surface area contributed by atoms with Gasteiger partial charge in [-0.25, -0.2) is 0 Å². The molecule has 1 aliphatic heterocycles. The van der Waals surface area contributed by atoms with Crippen LogP contribution in [0.15, 0.2) is 17.1 Å². The predicted octanol–water partition coefficient (Wildman–Crippen LogP) is 0.768. The summed E-state index contributed by atoms with van der Waals surface area (Å²) in [6.07, 6.45) is 4.53. The van der Waals surface area contributed by atoms with E-state index < -0.39 is 6.10 Å². The first-order valence-electron chi connectivity index (χ1n) is 3.19. The Morgan fingerprint density at radius 1 is 1.78 bits per heavy atom. The second-order valence-electron chi connectivity index (χ2n) is 2.17. The minimum atomic E-state index is -0.401. The third-order valence-corrected chi connectivity index (χ3v) is 1.31. The lowest BCUT2D eigenvalue weighted by atomic mass is 10.2. The van der Waals surface area contributed by atoms with Gasteiger partial charge >= 0.3 is 0 Å². The van der Waals surface area contributed by atoms with Crippen molar-refractivity contribution >= 4 is 5.71 Å². The van der Waals surface area contributed by atoms with E-state index in [0.29, 0.717) is 0 Å². The molecule has 1 unspecified atom stereocenters. The zero-order valence-corrected chi connectivity index (χ0v) is 5.54. The standard InChI is InChI=1S/C7H11NO/c1-6(9)7-4-2-3-5-8-7/h2,4,6,9H,3,5H2,1H3. The fraction of sp³-hybridized carbons (Fsp3) is 0.571. The summed E-state index contributed by atoms with van der Waals surface area (Å²) in [5.74, 6) is 0. The van der Waals surface area contributed by atoms with Gasteiger partial charge < -0.3 is 5.11 Å². The summed E-state index contributed by atoms with van der Waals surface area (Å²) >= 11 is 0. The molecule has 1 rings (SSSR count). The SMILES string of the molecule is CC(O)C1=NCCC=C1. The number of aliphatic imine (C=N–C) groups is 1. The van der Waals surface area contributed by atoms with Gasteiger partial charge in [0.15, 0.2) is 0 Å². The Balaban J connectivity index is 2.58. The summed E-state index contributed by atoms with van der Waals surface area (Å²) in [6.45, 7) is 2.56. The number of hydrogen-bond acceptors (Lipinski definition) is 2. The van der Waals surface area contributed by atoms with E-state index in [1.165, 1.54) is 0 Å².